The standard InChI is InChI=1S/C41H49IN2O4/c1-7-15-29-20-22-32(43-26-24-36(45)46)38(28(29)2)40(3,4)34(42)18-11-9-8-10-12-19-35-41(5,6)39-31-17-14-13-16-30(31)21-23-33(39)44(35)27-25-37(47)48/h7-18,20-23,34-35,43H,19,24-27H2,1-6H3,(H,45,46)(H,47,48)/b9-8+,12-10+,15-7-,18-11+/t34-,35?/m1/s1. The SMILES string of the molecule is C/C=C\c1ccc(NCCC(=O)O)c(C(C)(C)[C@H](I)/C=C/C=C/C=C/CC2N(CCC(=O)O)c3ccc4ccccc4c3C2(C)C)c1C. The first kappa shape index (κ1) is 37.0. The van der Waals surface area contributed by atoms with E-state index in [1.165, 1.54) is 27.5 Å². The summed E-state index contributed by atoms with van der Waals surface area (Å²) in [4.78, 5) is 25.0. The Balaban J connectivity index is 1.49. The van der Waals surface area contributed by atoms with E-state index in [1.807, 2.05) is 13.0 Å². The molecule has 6 nitrogen and oxygen atoms in total. The van der Waals surface area contributed by atoms with Crippen LogP contribution in [0.4, 0.5) is 11.4 Å². The van der Waals surface area contributed by atoms with Gasteiger partial charge in [-0.2, -0.15) is 0 Å². The Morgan fingerprint density at radius 2 is 1.71 bits per heavy atom. The molecule has 4 rings (SSSR count). The molecule has 48 heavy (non-hydrogen) atoms. The Morgan fingerprint density at radius 3 is 2.42 bits per heavy atom. The number of halogens is 1. The zero-order chi connectivity index (χ0) is 35.1. The molecule has 1 aliphatic heterocycles. The van der Waals surface area contributed by atoms with Crippen LogP contribution in [-0.4, -0.2) is 45.2 Å². The van der Waals surface area contributed by atoms with Crippen molar-refractivity contribution in [2.45, 2.75) is 81.6 Å². The third-order valence-corrected chi connectivity index (χ3v) is 11.6. The number of hydrogen-bond donors (Lipinski definition) is 3. The average Bonchev–Trinajstić information content (AvgIpc) is 3.25. The molecule has 3 N–H and O–H groups in total. The molecular formula is C41H49IN2O4. The molecule has 1 heterocycles. The summed E-state index contributed by atoms with van der Waals surface area (Å²) >= 11 is 2.50. The molecule has 0 aromatic heterocycles. The van der Waals surface area contributed by atoms with Crippen molar-refractivity contribution in [3.8, 4) is 0 Å². The lowest BCUT2D eigenvalue weighted by Crippen LogP contribution is -2.42. The van der Waals surface area contributed by atoms with Crippen molar-refractivity contribution >= 4 is 62.8 Å². The highest BCUT2D eigenvalue weighted by Crippen LogP contribution is 2.49. The van der Waals surface area contributed by atoms with Gasteiger partial charge in [-0.25, -0.2) is 0 Å². The molecule has 1 aliphatic rings. The Hall–Kier alpha value is -3.85. The first-order chi connectivity index (χ1) is 22.8. The number of carboxylic acids is 2. The monoisotopic (exact) mass is 760 g/mol. The number of rotatable bonds is 15. The first-order valence-corrected chi connectivity index (χ1v) is 17.9. The van der Waals surface area contributed by atoms with Crippen molar-refractivity contribution in [2.75, 3.05) is 23.3 Å². The number of alkyl halides is 1. The lowest BCUT2D eigenvalue weighted by molar-refractivity contribution is -0.137. The number of carboxylic acid groups (broad SMARTS) is 2. The summed E-state index contributed by atoms with van der Waals surface area (Å²) in [6, 6.07) is 17.0. The highest BCUT2D eigenvalue weighted by atomic mass is 127. The molecule has 254 valence electrons. The van der Waals surface area contributed by atoms with Gasteiger partial charge in [0.1, 0.15) is 0 Å². The molecule has 3 aromatic carbocycles. The fourth-order valence-electron chi connectivity index (χ4n) is 7.14. The average molecular weight is 761 g/mol. The van der Waals surface area contributed by atoms with E-state index in [9.17, 15) is 14.7 Å². The maximum absolute atomic E-state index is 11.6. The number of fused-ring (bicyclic) bond motifs is 3. The van der Waals surface area contributed by atoms with Crippen LogP contribution in [0.25, 0.3) is 16.8 Å². The zero-order valence-electron chi connectivity index (χ0n) is 29.0. The fraction of sp³-hybridized carbons (Fsp3) is 0.366. The molecule has 0 amide bonds. The molecular weight excluding hydrogens is 711 g/mol. The minimum Gasteiger partial charge on any atom is -0.481 e. The van der Waals surface area contributed by atoms with Gasteiger partial charge in [0.25, 0.3) is 0 Å². The summed E-state index contributed by atoms with van der Waals surface area (Å²) < 4.78 is 0.165. The van der Waals surface area contributed by atoms with Crippen LogP contribution < -0.4 is 10.2 Å². The Morgan fingerprint density at radius 1 is 1.00 bits per heavy atom. The highest BCUT2D eigenvalue weighted by molar-refractivity contribution is 14.1. The van der Waals surface area contributed by atoms with E-state index in [0.717, 1.165) is 23.4 Å². The molecule has 0 radical (unpaired) electrons. The number of allylic oxidation sites excluding steroid dienone is 6. The lowest BCUT2D eigenvalue weighted by Gasteiger charge is -2.34. The van der Waals surface area contributed by atoms with Gasteiger partial charge in [0.2, 0.25) is 0 Å². The number of aliphatic carboxylic acids is 2. The van der Waals surface area contributed by atoms with Crippen LogP contribution in [0, 0.1) is 6.92 Å². The topological polar surface area (TPSA) is 89.9 Å². The number of benzene rings is 3. The first-order valence-electron chi connectivity index (χ1n) is 16.7. The van der Waals surface area contributed by atoms with Crippen molar-refractivity contribution in [3.05, 3.63) is 113 Å². The van der Waals surface area contributed by atoms with Gasteiger partial charge < -0.3 is 20.4 Å². The summed E-state index contributed by atoms with van der Waals surface area (Å²) in [5, 5.41) is 24.5. The van der Waals surface area contributed by atoms with Crippen LogP contribution >= 0.6 is 22.6 Å². The van der Waals surface area contributed by atoms with Crippen molar-refractivity contribution in [2.24, 2.45) is 0 Å². The van der Waals surface area contributed by atoms with Crippen molar-refractivity contribution in [1.82, 2.24) is 0 Å². The van der Waals surface area contributed by atoms with E-state index in [1.54, 1.807) is 0 Å². The van der Waals surface area contributed by atoms with Crippen molar-refractivity contribution in [3.63, 3.8) is 0 Å². The van der Waals surface area contributed by atoms with Crippen LogP contribution in [0.15, 0.2) is 91.1 Å². The number of nitrogens with zero attached hydrogens (tertiary/aromatic N) is 1. The van der Waals surface area contributed by atoms with Gasteiger partial charge in [0, 0.05) is 45.3 Å². The van der Waals surface area contributed by atoms with Crippen LogP contribution in [-0.2, 0) is 20.4 Å². The summed E-state index contributed by atoms with van der Waals surface area (Å²) in [6.45, 7) is 14.0. The molecule has 0 aliphatic carbocycles. The zero-order valence-corrected chi connectivity index (χ0v) is 31.1. The van der Waals surface area contributed by atoms with Gasteiger partial charge in [-0.05, 0) is 65.4 Å². The minimum absolute atomic E-state index is 0.0594. The highest BCUT2D eigenvalue weighted by Gasteiger charge is 2.44. The van der Waals surface area contributed by atoms with Crippen LogP contribution in [0.3, 0.4) is 0 Å². The predicted octanol–water partition coefficient (Wildman–Crippen LogP) is 9.85. The molecule has 0 spiro atoms. The van der Waals surface area contributed by atoms with E-state index in [0.29, 0.717) is 13.1 Å². The predicted molar refractivity (Wildman–Crippen MR) is 210 cm³/mol. The molecule has 0 saturated heterocycles. The van der Waals surface area contributed by atoms with Crippen LogP contribution in [0.1, 0.15) is 76.1 Å². The lowest BCUT2D eigenvalue weighted by atomic mass is 9.77. The second kappa shape index (κ2) is 16.0. The summed E-state index contributed by atoms with van der Waals surface area (Å²) in [5.74, 6) is -1.60. The molecule has 0 fully saturated rings. The van der Waals surface area contributed by atoms with Gasteiger partial charge in [0.15, 0.2) is 0 Å². The van der Waals surface area contributed by atoms with Crippen molar-refractivity contribution < 1.29 is 19.8 Å². The van der Waals surface area contributed by atoms with E-state index < -0.39 is 11.9 Å². The quantitative estimate of drug-likeness (QED) is 0.0813. The Labute approximate surface area is 299 Å². The number of nitrogens with one attached hydrogen (secondary N) is 1. The molecule has 3 aromatic rings. The number of anilines is 2. The number of carbonyl (C=O) groups is 2. The maximum Gasteiger partial charge on any atom is 0.305 e. The van der Waals surface area contributed by atoms with E-state index in [4.69, 9.17) is 5.11 Å². The van der Waals surface area contributed by atoms with Gasteiger partial charge >= 0.3 is 11.9 Å². The number of hydrogen-bond acceptors (Lipinski definition) is 4. The normalized spacial score (nSPS) is 16.9. The van der Waals surface area contributed by atoms with E-state index >= 15 is 0 Å². The molecule has 1 unspecified atom stereocenters. The summed E-state index contributed by atoms with van der Waals surface area (Å²) in [6.07, 6.45) is 17.8. The minimum atomic E-state index is -0.817. The van der Waals surface area contributed by atoms with Crippen LogP contribution in [0.2, 0.25) is 0 Å². The second-order valence-corrected chi connectivity index (χ2v) is 14.9. The molecule has 2 atom stereocenters. The van der Waals surface area contributed by atoms with Gasteiger partial charge in [-0.3, -0.25) is 9.59 Å². The second-order valence-electron chi connectivity index (χ2n) is 13.6. The molecule has 7 heteroatoms. The van der Waals surface area contributed by atoms with Crippen molar-refractivity contribution in [1.29, 1.82) is 0 Å². The van der Waals surface area contributed by atoms with Gasteiger partial charge in [-0.1, -0.05) is 135 Å². The smallest absolute Gasteiger partial charge is 0.305 e. The van der Waals surface area contributed by atoms with Gasteiger partial charge in [0.05, 0.1) is 12.8 Å². The van der Waals surface area contributed by atoms with E-state index in [-0.39, 0.29) is 33.6 Å². The largest absolute Gasteiger partial charge is 0.481 e. The molecule has 0 saturated carbocycles. The van der Waals surface area contributed by atoms with E-state index in [2.05, 4.69) is 158 Å². The third kappa shape index (κ3) is 8.23. The Bertz CT molecular complexity index is 1750. The fourth-order valence-corrected chi connectivity index (χ4v) is 7.69. The van der Waals surface area contributed by atoms with Gasteiger partial charge in [-0.15, -0.1) is 0 Å². The third-order valence-electron chi connectivity index (χ3n) is 9.59. The summed E-state index contributed by atoms with van der Waals surface area (Å²) in [7, 11) is 0. The van der Waals surface area contributed by atoms with Crippen LogP contribution in [0.5, 0.6) is 0 Å². The summed E-state index contributed by atoms with van der Waals surface area (Å²) in [5.41, 5.74) is 6.55. The maximum atomic E-state index is 11.6. The molecule has 0 bridgehead atoms. The Kier molecular flexibility index (Phi) is 12.4.